The zero-order chi connectivity index (χ0) is 15.2. The fourth-order valence-electron chi connectivity index (χ4n) is 1.62. The summed E-state index contributed by atoms with van der Waals surface area (Å²) < 4.78 is 0. The van der Waals surface area contributed by atoms with E-state index < -0.39 is 5.97 Å². The van der Waals surface area contributed by atoms with Gasteiger partial charge in [-0.05, 0) is 36.6 Å². The number of thioether (sulfide) groups is 1. The molecule has 0 unspecified atom stereocenters. The summed E-state index contributed by atoms with van der Waals surface area (Å²) >= 11 is 2.93. The van der Waals surface area contributed by atoms with Gasteiger partial charge in [0.2, 0.25) is 0 Å². The molecule has 2 N–H and O–H groups in total. The Hall–Kier alpha value is -2.05. The van der Waals surface area contributed by atoms with Crippen LogP contribution in [0.4, 0.5) is 5.69 Å². The average molecular weight is 319 g/mol. The smallest absolute Gasteiger partial charge is 0.328 e. The van der Waals surface area contributed by atoms with Crippen LogP contribution in [-0.4, -0.2) is 23.2 Å². The van der Waals surface area contributed by atoms with Crippen LogP contribution in [0.1, 0.15) is 15.2 Å². The number of carboxylic acid groups (broad SMARTS) is 1. The summed E-state index contributed by atoms with van der Waals surface area (Å²) in [7, 11) is 0. The highest BCUT2D eigenvalue weighted by molar-refractivity contribution is 7.98. The lowest BCUT2D eigenvalue weighted by Crippen LogP contribution is -2.10. The topological polar surface area (TPSA) is 66.4 Å². The largest absolute Gasteiger partial charge is 0.478 e. The minimum atomic E-state index is -1.01. The van der Waals surface area contributed by atoms with Crippen molar-refractivity contribution in [2.75, 3.05) is 11.6 Å². The molecule has 0 saturated heterocycles. The number of hydrogen-bond acceptors (Lipinski definition) is 4. The van der Waals surface area contributed by atoms with E-state index in [9.17, 15) is 9.59 Å². The van der Waals surface area contributed by atoms with Gasteiger partial charge in [0.1, 0.15) is 0 Å². The van der Waals surface area contributed by atoms with Crippen LogP contribution in [0.2, 0.25) is 0 Å². The molecular formula is C15H13NO3S2. The normalized spacial score (nSPS) is 10.7. The van der Waals surface area contributed by atoms with E-state index in [0.717, 1.165) is 21.5 Å². The third kappa shape index (κ3) is 4.47. The average Bonchev–Trinajstić information content (AvgIpc) is 2.94. The Bertz CT molecular complexity index is 692. The number of thiophene rings is 1. The van der Waals surface area contributed by atoms with Crippen LogP contribution in [0, 0.1) is 0 Å². The van der Waals surface area contributed by atoms with Crippen molar-refractivity contribution < 1.29 is 14.7 Å². The van der Waals surface area contributed by atoms with Crippen LogP contribution in [0.25, 0.3) is 6.08 Å². The number of carbonyl (C=O) groups excluding carboxylic acids is 1. The fraction of sp³-hybridized carbons (Fsp3) is 0.0667. The van der Waals surface area contributed by atoms with E-state index >= 15 is 0 Å². The van der Waals surface area contributed by atoms with E-state index in [1.54, 1.807) is 23.2 Å². The first-order chi connectivity index (χ1) is 10.1. The highest BCUT2D eigenvalue weighted by Crippen LogP contribution is 2.21. The molecule has 0 aliphatic heterocycles. The molecule has 1 heterocycles. The van der Waals surface area contributed by atoms with E-state index in [0.29, 0.717) is 5.56 Å². The van der Waals surface area contributed by atoms with E-state index in [-0.39, 0.29) is 5.91 Å². The van der Waals surface area contributed by atoms with E-state index in [1.165, 1.54) is 17.4 Å². The zero-order valence-corrected chi connectivity index (χ0v) is 12.8. The number of aliphatic carboxylic acids is 1. The first-order valence-electron chi connectivity index (χ1n) is 6.03. The highest BCUT2D eigenvalue weighted by Gasteiger charge is 2.08. The number of nitrogens with one attached hydrogen (secondary N) is 1. The third-order valence-electron chi connectivity index (χ3n) is 2.60. The van der Waals surface area contributed by atoms with Gasteiger partial charge in [-0.2, -0.15) is 0 Å². The van der Waals surface area contributed by atoms with Crippen LogP contribution < -0.4 is 5.32 Å². The molecule has 4 nitrogen and oxygen atoms in total. The Morgan fingerprint density at radius 2 is 2.14 bits per heavy atom. The summed E-state index contributed by atoms with van der Waals surface area (Å²) in [5.74, 6) is -1.22. The minimum Gasteiger partial charge on any atom is -0.478 e. The molecule has 0 spiro atoms. The number of carbonyl (C=O) groups is 2. The van der Waals surface area contributed by atoms with Gasteiger partial charge in [0.05, 0.1) is 5.56 Å². The predicted octanol–water partition coefficient (Wildman–Crippen LogP) is 3.82. The van der Waals surface area contributed by atoms with Crippen molar-refractivity contribution in [3.8, 4) is 0 Å². The molecule has 21 heavy (non-hydrogen) atoms. The van der Waals surface area contributed by atoms with Gasteiger partial charge in [0.25, 0.3) is 5.91 Å². The lowest BCUT2D eigenvalue weighted by atomic mass is 10.2. The second-order valence-electron chi connectivity index (χ2n) is 4.10. The van der Waals surface area contributed by atoms with Crippen molar-refractivity contribution >= 4 is 46.7 Å². The molecule has 0 aliphatic rings. The summed E-state index contributed by atoms with van der Waals surface area (Å²) in [5, 5.41) is 13.1. The van der Waals surface area contributed by atoms with Gasteiger partial charge < -0.3 is 10.4 Å². The number of amides is 1. The Morgan fingerprint density at radius 1 is 1.33 bits per heavy atom. The van der Waals surface area contributed by atoms with Crippen molar-refractivity contribution in [3.63, 3.8) is 0 Å². The number of hydrogen-bond donors (Lipinski definition) is 2. The predicted molar refractivity (Wildman–Crippen MR) is 87.2 cm³/mol. The van der Waals surface area contributed by atoms with Crippen molar-refractivity contribution in [2.24, 2.45) is 0 Å². The molecule has 0 saturated carbocycles. The standard InChI is InChI=1S/C15H13NO3S2/c1-20-12-4-2-3-11(8-12)16-15(19)10-7-13(21-9-10)5-6-14(17)18/h2-9H,1H3,(H,16,19)(H,17,18). The van der Waals surface area contributed by atoms with Crippen LogP contribution in [0.3, 0.4) is 0 Å². The van der Waals surface area contributed by atoms with Crippen LogP contribution in [0.15, 0.2) is 46.7 Å². The van der Waals surface area contributed by atoms with Crippen LogP contribution in [0.5, 0.6) is 0 Å². The molecule has 2 rings (SSSR count). The quantitative estimate of drug-likeness (QED) is 0.649. The van der Waals surface area contributed by atoms with Crippen molar-refractivity contribution in [2.45, 2.75) is 4.90 Å². The molecular weight excluding hydrogens is 306 g/mol. The van der Waals surface area contributed by atoms with Gasteiger partial charge >= 0.3 is 5.97 Å². The molecule has 0 radical (unpaired) electrons. The molecule has 108 valence electrons. The molecule has 1 aromatic carbocycles. The van der Waals surface area contributed by atoms with Crippen molar-refractivity contribution in [1.29, 1.82) is 0 Å². The lowest BCUT2D eigenvalue weighted by molar-refractivity contribution is -0.131. The molecule has 0 aliphatic carbocycles. The Labute approximate surface area is 130 Å². The maximum Gasteiger partial charge on any atom is 0.328 e. The molecule has 0 atom stereocenters. The van der Waals surface area contributed by atoms with Gasteiger partial charge in [-0.15, -0.1) is 23.1 Å². The zero-order valence-electron chi connectivity index (χ0n) is 11.2. The number of rotatable bonds is 5. The summed E-state index contributed by atoms with van der Waals surface area (Å²) in [6.07, 6.45) is 4.49. The fourth-order valence-corrected chi connectivity index (χ4v) is 2.86. The van der Waals surface area contributed by atoms with Crippen LogP contribution in [-0.2, 0) is 4.79 Å². The summed E-state index contributed by atoms with van der Waals surface area (Å²) in [4.78, 5) is 24.4. The summed E-state index contributed by atoms with van der Waals surface area (Å²) in [5.41, 5.74) is 1.25. The Balaban J connectivity index is 2.08. The molecule has 1 amide bonds. The van der Waals surface area contributed by atoms with Gasteiger partial charge in [0, 0.05) is 26.9 Å². The minimum absolute atomic E-state index is 0.209. The molecule has 1 aromatic heterocycles. The Kier molecular flexibility index (Phi) is 5.19. The maximum absolute atomic E-state index is 12.1. The van der Waals surface area contributed by atoms with E-state index in [2.05, 4.69) is 5.32 Å². The van der Waals surface area contributed by atoms with Crippen molar-refractivity contribution in [3.05, 3.63) is 52.2 Å². The molecule has 0 fully saturated rings. The SMILES string of the molecule is CSc1cccc(NC(=O)c2csc(C=CC(=O)O)c2)c1. The first-order valence-corrected chi connectivity index (χ1v) is 8.14. The summed E-state index contributed by atoms with van der Waals surface area (Å²) in [6.45, 7) is 0. The summed E-state index contributed by atoms with van der Waals surface area (Å²) in [6, 6.07) is 9.25. The second kappa shape index (κ2) is 7.10. The third-order valence-corrected chi connectivity index (χ3v) is 4.22. The van der Waals surface area contributed by atoms with E-state index in [1.807, 2.05) is 30.5 Å². The Morgan fingerprint density at radius 3 is 2.86 bits per heavy atom. The lowest BCUT2D eigenvalue weighted by Gasteiger charge is -2.05. The van der Waals surface area contributed by atoms with Crippen molar-refractivity contribution in [1.82, 2.24) is 0 Å². The number of carboxylic acids is 1. The van der Waals surface area contributed by atoms with Crippen LogP contribution >= 0.6 is 23.1 Å². The molecule has 0 bridgehead atoms. The van der Waals surface area contributed by atoms with Gasteiger partial charge in [-0.1, -0.05) is 6.07 Å². The van der Waals surface area contributed by atoms with Gasteiger partial charge in [0.15, 0.2) is 0 Å². The number of anilines is 1. The van der Waals surface area contributed by atoms with Gasteiger partial charge in [-0.25, -0.2) is 4.79 Å². The van der Waals surface area contributed by atoms with Gasteiger partial charge in [-0.3, -0.25) is 4.79 Å². The molecule has 6 heteroatoms. The molecule has 2 aromatic rings. The van der Waals surface area contributed by atoms with E-state index in [4.69, 9.17) is 5.11 Å². The monoisotopic (exact) mass is 319 g/mol. The maximum atomic E-state index is 12.1. The number of benzene rings is 1. The second-order valence-corrected chi connectivity index (χ2v) is 5.92. The first kappa shape index (κ1) is 15.3. The highest BCUT2D eigenvalue weighted by atomic mass is 32.2.